The molecule has 0 spiro atoms. The fourth-order valence-corrected chi connectivity index (χ4v) is 4.37. The smallest absolute Gasteiger partial charge is 0.305 e. The summed E-state index contributed by atoms with van der Waals surface area (Å²) in [6, 6.07) is 25.4. The third-order valence-electron chi connectivity index (χ3n) is 6.61. The molecule has 222 valence electrons. The summed E-state index contributed by atoms with van der Waals surface area (Å²) < 4.78 is 11.6. The number of carboxylic acid groups (broad SMARTS) is 1. The van der Waals surface area contributed by atoms with E-state index in [1.165, 1.54) is 19.2 Å². The third kappa shape index (κ3) is 8.17. The Kier molecular flexibility index (Phi) is 10.0. The molecule has 0 aliphatic carbocycles. The second-order valence-electron chi connectivity index (χ2n) is 9.58. The van der Waals surface area contributed by atoms with Crippen LogP contribution in [0.3, 0.4) is 0 Å². The van der Waals surface area contributed by atoms with E-state index in [-0.39, 0.29) is 18.0 Å². The number of amidine groups is 1. The van der Waals surface area contributed by atoms with Gasteiger partial charge in [-0.1, -0.05) is 53.7 Å². The second kappa shape index (κ2) is 14.3. The molecule has 0 aromatic heterocycles. The van der Waals surface area contributed by atoms with E-state index in [1.807, 2.05) is 30.3 Å². The number of rotatable bonds is 13. The van der Waals surface area contributed by atoms with Crippen molar-refractivity contribution in [1.29, 1.82) is 0 Å². The van der Waals surface area contributed by atoms with Crippen molar-refractivity contribution in [3.8, 4) is 17.2 Å². The highest BCUT2D eigenvalue weighted by atomic mass is 16.5. The topological polar surface area (TPSA) is 176 Å². The Morgan fingerprint density at radius 1 is 0.907 bits per heavy atom. The minimum absolute atomic E-state index is 0.0145. The largest absolute Gasteiger partial charge is 0.508 e. The number of anilines is 1. The van der Waals surface area contributed by atoms with Crippen LogP contribution in [0.4, 0.5) is 5.69 Å². The number of hydrogen-bond acceptors (Lipinski definition) is 8. The van der Waals surface area contributed by atoms with Gasteiger partial charge in [-0.3, -0.25) is 9.59 Å². The number of oxime groups is 1. The molecule has 0 aliphatic heterocycles. The summed E-state index contributed by atoms with van der Waals surface area (Å²) in [4.78, 5) is 25.5. The minimum atomic E-state index is -1.11. The molecule has 43 heavy (non-hydrogen) atoms. The van der Waals surface area contributed by atoms with Gasteiger partial charge in [0.25, 0.3) is 0 Å². The summed E-state index contributed by atoms with van der Waals surface area (Å²) in [5.74, 6) is -0.799. The van der Waals surface area contributed by atoms with E-state index in [2.05, 4.69) is 15.8 Å². The van der Waals surface area contributed by atoms with E-state index < -0.39 is 24.0 Å². The van der Waals surface area contributed by atoms with Crippen molar-refractivity contribution < 1.29 is 34.5 Å². The van der Waals surface area contributed by atoms with Gasteiger partial charge in [0.2, 0.25) is 5.91 Å². The predicted octanol–water partition coefficient (Wildman–Crippen LogP) is 4.56. The highest BCUT2D eigenvalue weighted by Gasteiger charge is 2.27. The van der Waals surface area contributed by atoms with E-state index in [4.69, 9.17) is 20.4 Å². The lowest BCUT2D eigenvalue weighted by atomic mass is 10.0. The molecule has 0 aliphatic rings. The van der Waals surface area contributed by atoms with Gasteiger partial charge < -0.3 is 41.3 Å². The van der Waals surface area contributed by atoms with Crippen molar-refractivity contribution in [3.05, 3.63) is 119 Å². The zero-order valence-electron chi connectivity index (χ0n) is 23.3. The normalized spacial score (nSPS) is 12.5. The van der Waals surface area contributed by atoms with Crippen LogP contribution in [0.5, 0.6) is 17.2 Å². The number of carboxylic acids is 1. The van der Waals surface area contributed by atoms with Crippen molar-refractivity contribution in [3.63, 3.8) is 0 Å². The van der Waals surface area contributed by atoms with Crippen molar-refractivity contribution in [2.45, 2.75) is 25.1 Å². The summed E-state index contributed by atoms with van der Waals surface area (Å²) in [5, 5.41) is 37.2. The van der Waals surface area contributed by atoms with Crippen molar-refractivity contribution >= 4 is 23.4 Å². The predicted molar refractivity (Wildman–Crippen MR) is 160 cm³/mol. The van der Waals surface area contributed by atoms with Crippen LogP contribution in [-0.2, 0) is 16.2 Å². The first-order chi connectivity index (χ1) is 20.8. The molecule has 2 atom stereocenters. The number of nitrogens with two attached hydrogens (primary N) is 1. The first kappa shape index (κ1) is 30.3. The molecular weight excluding hydrogens is 552 g/mol. The molecule has 0 radical (unpaired) electrons. The summed E-state index contributed by atoms with van der Waals surface area (Å²) in [7, 11) is 1.50. The maximum Gasteiger partial charge on any atom is 0.305 e. The van der Waals surface area contributed by atoms with E-state index >= 15 is 0 Å². The standard InChI is InChI=1S/C32H32N4O7/c1-42-28-17-23(11-16-27(28)43-19-20-5-3-2-4-6-20)30(34-24-12-7-22(8-13-24)31(33)36-41)32(40)35-26(18-29(38)39)21-9-14-25(37)15-10-21/h2-17,26,30,34,37,41H,18-19H2,1H3,(H2,33,36)(H,35,40)(H,38,39). The number of aromatic hydroxyl groups is 1. The first-order valence-corrected chi connectivity index (χ1v) is 13.3. The maximum atomic E-state index is 13.8. The lowest BCUT2D eigenvalue weighted by molar-refractivity contribution is -0.137. The van der Waals surface area contributed by atoms with Crippen LogP contribution in [0, 0.1) is 0 Å². The minimum Gasteiger partial charge on any atom is -0.508 e. The SMILES string of the molecule is COc1cc(C(Nc2ccc(C(N)=NO)cc2)C(=O)NC(CC(=O)O)c2ccc(O)cc2)ccc1OCc1ccccc1. The maximum absolute atomic E-state index is 13.8. The Morgan fingerprint density at radius 3 is 2.21 bits per heavy atom. The molecule has 4 aromatic rings. The monoisotopic (exact) mass is 584 g/mol. The Hall–Kier alpha value is -5.71. The van der Waals surface area contributed by atoms with Crippen LogP contribution in [0.2, 0.25) is 0 Å². The Balaban J connectivity index is 1.65. The Morgan fingerprint density at radius 2 is 1.58 bits per heavy atom. The van der Waals surface area contributed by atoms with Gasteiger partial charge in [0.15, 0.2) is 17.3 Å². The highest BCUT2D eigenvalue weighted by Crippen LogP contribution is 2.33. The highest BCUT2D eigenvalue weighted by molar-refractivity contribution is 5.97. The van der Waals surface area contributed by atoms with Gasteiger partial charge >= 0.3 is 5.97 Å². The molecular formula is C32H32N4O7. The number of benzene rings is 4. The van der Waals surface area contributed by atoms with E-state index in [0.29, 0.717) is 40.5 Å². The van der Waals surface area contributed by atoms with Crippen LogP contribution in [-0.4, -0.2) is 40.2 Å². The number of hydrogen-bond donors (Lipinski definition) is 6. The van der Waals surface area contributed by atoms with Gasteiger partial charge in [0.1, 0.15) is 18.4 Å². The number of ether oxygens (including phenoxy) is 2. The van der Waals surface area contributed by atoms with E-state index in [1.54, 1.807) is 54.6 Å². The lowest BCUT2D eigenvalue weighted by Gasteiger charge is -2.25. The quantitative estimate of drug-likeness (QED) is 0.0569. The number of methoxy groups -OCH3 is 1. The molecule has 4 rings (SSSR count). The number of carbonyl (C=O) groups excluding carboxylic acids is 1. The zero-order chi connectivity index (χ0) is 30.8. The Bertz CT molecular complexity index is 1560. The number of aliphatic carboxylic acids is 1. The molecule has 11 nitrogen and oxygen atoms in total. The number of nitrogens with one attached hydrogen (secondary N) is 2. The van der Waals surface area contributed by atoms with Gasteiger partial charge in [-0.15, -0.1) is 0 Å². The van der Waals surface area contributed by atoms with Crippen LogP contribution in [0.15, 0.2) is 102 Å². The summed E-state index contributed by atoms with van der Waals surface area (Å²) in [6.07, 6.45) is -0.382. The Labute approximate surface area is 248 Å². The van der Waals surface area contributed by atoms with Crippen LogP contribution in [0.25, 0.3) is 0 Å². The molecule has 4 aromatic carbocycles. The van der Waals surface area contributed by atoms with Crippen molar-refractivity contribution in [2.24, 2.45) is 10.9 Å². The molecule has 0 saturated carbocycles. The molecule has 0 heterocycles. The zero-order valence-corrected chi connectivity index (χ0v) is 23.3. The fourth-order valence-electron chi connectivity index (χ4n) is 4.37. The van der Waals surface area contributed by atoms with Crippen LogP contribution >= 0.6 is 0 Å². The summed E-state index contributed by atoms with van der Waals surface area (Å²) >= 11 is 0. The second-order valence-corrected chi connectivity index (χ2v) is 9.58. The first-order valence-electron chi connectivity index (χ1n) is 13.3. The van der Waals surface area contributed by atoms with Crippen LogP contribution in [0.1, 0.15) is 40.8 Å². The molecule has 2 unspecified atom stereocenters. The summed E-state index contributed by atoms with van der Waals surface area (Å²) in [6.45, 7) is 0.314. The number of phenolic OH excluding ortho intramolecular Hbond substituents is 1. The molecule has 0 bridgehead atoms. The van der Waals surface area contributed by atoms with Gasteiger partial charge in [-0.25, -0.2) is 0 Å². The molecule has 11 heteroatoms. The number of nitrogens with zero attached hydrogens (tertiary/aromatic N) is 1. The number of phenols is 1. The van der Waals surface area contributed by atoms with Gasteiger partial charge in [0.05, 0.1) is 19.6 Å². The molecule has 7 N–H and O–H groups in total. The fraction of sp³-hybridized carbons (Fsp3) is 0.156. The molecule has 1 amide bonds. The summed E-state index contributed by atoms with van der Waals surface area (Å²) in [5.41, 5.74) is 8.69. The number of amides is 1. The lowest BCUT2D eigenvalue weighted by Crippen LogP contribution is -2.37. The third-order valence-corrected chi connectivity index (χ3v) is 6.61. The molecule has 0 fully saturated rings. The van der Waals surface area contributed by atoms with E-state index in [0.717, 1.165) is 5.56 Å². The van der Waals surface area contributed by atoms with Crippen LogP contribution < -0.4 is 25.8 Å². The molecule has 0 saturated heterocycles. The van der Waals surface area contributed by atoms with Crippen molar-refractivity contribution in [2.75, 3.05) is 12.4 Å². The van der Waals surface area contributed by atoms with Crippen molar-refractivity contribution in [1.82, 2.24) is 5.32 Å². The van der Waals surface area contributed by atoms with Gasteiger partial charge in [0, 0.05) is 11.3 Å². The van der Waals surface area contributed by atoms with Gasteiger partial charge in [-0.05, 0) is 65.2 Å². The average Bonchev–Trinajstić information content (AvgIpc) is 3.02. The average molecular weight is 585 g/mol. The number of carbonyl (C=O) groups is 2. The van der Waals surface area contributed by atoms with Gasteiger partial charge in [-0.2, -0.15) is 0 Å². The van der Waals surface area contributed by atoms with E-state index in [9.17, 15) is 19.8 Å².